The third kappa shape index (κ3) is 17.6. The summed E-state index contributed by atoms with van der Waals surface area (Å²) in [5, 5.41) is 5.77. The largest absolute Gasteiger partial charge is 0.334 e. The number of carbonyl (C=O) groups excluding carboxylic acids is 1. The van der Waals surface area contributed by atoms with Crippen molar-refractivity contribution in [2.45, 2.75) is 88.7 Å². The number of hydrogen-bond donors (Lipinski definition) is 2. The van der Waals surface area contributed by atoms with Gasteiger partial charge in [-0.3, -0.25) is 0 Å². The van der Waals surface area contributed by atoms with E-state index in [1.807, 2.05) is 52.0 Å². The molecule has 0 bridgehead atoms. The molecule has 0 aliphatic carbocycles. The molecule has 1 aliphatic rings. The van der Waals surface area contributed by atoms with E-state index in [1.165, 1.54) is 29.8 Å². The van der Waals surface area contributed by atoms with Gasteiger partial charge in [-0.25, -0.2) is 4.79 Å². The third-order valence-electron chi connectivity index (χ3n) is 6.69. The number of amides is 2. The number of likely N-dealkylation sites (tertiary alicyclic amines) is 1. The van der Waals surface area contributed by atoms with Crippen molar-refractivity contribution in [2.75, 3.05) is 20.1 Å². The highest BCUT2D eigenvalue weighted by molar-refractivity contribution is 5.73. The summed E-state index contributed by atoms with van der Waals surface area (Å²) < 4.78 is 0. The number of nitrogens with zero attached hydrogens (tertiary/aromatic N) is 1. The van der Waals surface area contributed by atoms with E-state index in [9.17, 15) is 4.79 Å². The molecular weight excluding hydrogens is 478 g/mol. The number of nitrogens with one attached hydrogen (secondary N) is 2. The highest BCUT2D eigenvalue weighted by atomic mass is 16.2. The van der Waals surface area contributed by atoms with Crippen molar-refractivity contribution < 1.29 is 4.79 Å². The first-order valence-electron chi connectivity index (χ1n) is 14.8. The molecule has 4 nitrogen and oxygen atoms in total. The van der Waals surface area contributed by atoms with Crippen LogP contribution in [0.3, 0.4) is 0 Å². The van der Waals surface area contributed by atoms with Crippen LogP contribution in [0.4, 0.5) is 4.79 Å². The molecule has 0 saturated carbocycles. The minimum atomic E-state index is -0.142. The van der Waals surface area contributed by atoms with Gasteiger partial charge in [0.1, 0.15) is 0 Å². The van der Waals surface area contributed by atoms with Crippen LogP contribution in [0, 0.1) is 30.6 Å². The molecule has 1 heterocycles. The van der Waals surface area contributed by atoms with Crippen LogP contribution in [-0.4, -0.2) is 31.1 Å². The van der Waals surface area contributed by atoms with Gasteiger partial charge in [-0.05, 0) is 74.6 Å². The standard InChI is InChI=1S/C20H26N2O.C9H19N.C4H8.C2H6/c1-15(2)12-17-8-10-19(11-9-17)14-22-20(23)21-13-18-6-4-16(3)5-7-18;1-7-5-10(4)6-8(2)9(7)3;1-4(2)3;1-2/h4-11,15H,12-14H2,1-3H3,(H2,21,22,23);7-9H,5-6H2,1-4H3;1H2,2-3H3;1-2H3. The molecule has 2 aromatic rings. The first-order chi connectivity index (χ1) is 18.4. The minimum Gasteiger partial charge on any atom is -0.334 e. The number of benzene rings is 2. The quantitative estimate of drug-likeness (QED) is 0.362. The molecule has 0 spiro atoms. The second kappa shape index (κ2) is 20.3. The van der Waals surface area contributed by atoms with E-state index in [-0.39, 0.29) is 6.03 Å². The van der Waals surface area contributed by atoms with Crippen LogP contribution in [0.5, 0.6) is 0 Å². The van der Waals surface area contributed by atoms with Crippen LogP contribution in [-0.2, 0) is 19.5 Å². The van der Waals surface area contributed by atoms with Gasteiger partial charge in [0.2, 0.25) is 0 Å². The predicted molar refractivity (Wildman–Crippen MR) is 172 cm³/mol. The zero-order chi connectivity index (χ0) is 30.0. The van der Waals surface area contributed by atoms with Gasteiger partial charge < -0.3 is 15.5 Å². The topological polar surface area (TPSA) is 44.4 Å². The van der Waals surface area contributed by atoms with E-state index in [1.54, 1.807) is 0 Å². The van der Waals surface area contributed by atoms with Crippen molar-refractivity contribution in [1.29, 1.82) is 0 Å². The molecule has 39 heavy (non-hydrogen) atoms. The Kier molecular flexibility index (Phi) is 19.0. The van der Waals surface area contributed by atoms with Crippen molar-refractivity contribution >= 4 is 6.03 Å². The Morgan fingerprint density at radius 2 is 1.21 bits per heavy atom. The number of rotatable bonds is 6. The van der Waals surface area contributed by atoms with Crippen LogP contribution < -0.4 is 10.6 Å². The SMILES string of the molecule is C=C(C)C.CC.CC1CN(C)CC(C)C1C.Cc1ccc(CNC(=O)NCc2ccc(CC(C)C)cc2)cc1. The lowest BCUT2D eigenvalue weighted by molar-refractivity contribution is 0.110. The second-order valence-corrected chi connectivity index (χ2v) is 11.7. The fourth-order valence-electron chi connectivity index (χ4n) is 4.35. The van der Waals surface area contributed by atoms with Gasteiger partial charge in [-0.1, -0.05) is 108 Å². The van der Waals surface area contributed by atoms with Crippen molar-refractivity contribution in [3.8, 4) is 0 Å². The van der Waals surface area contributed by atoms with Gasteiger partial charge in [0.25, 0.3) is 0 Å². The van der Waals surface area contributed by atoms with E-state index in [4.69, 9.17) is 0 Å². The second-order valence-electron chi connectivity index (χ2n) is 11.7. The molecule has 1 saturated heterocycles. The van der Waals surface area contributed by atoms with Crippen molar-refractivity contribution in [2.24, 2.45) is 23.7 Å². The summed E-state index contributed by atoms with van der Waals surface area (Å²) in [5.41, 5.74) is 5.94. The lowest BCUT2D eigenvalue weighted by Gasteiger charge is -2.37. The van der Waals surface area contributed by atoms with Crippen LogP contribution in [0.1, 0.15) is 84.6 Å². The highest BCUT2D eigenvalue weighted by Gasteiger charge is 2.26. The molecule has 2 N–H and O–H groups in total. The molecule has 4 heteroatoms. The summed E-state index contributed by atoms with van der Waals surface area (Å²) in [5.74, 6) is 3.34. The van der Waals surface area contributed by atoms with Crippen molar-refractivity contribution in [1.82, 2.24) is 15.5 Å². The van der Waals surface area contributed by atoms with Gasteiger partial charge in [-0.15, -0.1) is 6.58 Å². The Morgan fingerprint density at radius 3 is 1.59 bits per heavy atom. The molecule has 2 amide bonds. The Hall–Kier alpha value is -2.59. The molecular formula is C35H59N3O. The molecule has 3 rings (SSSR count). The average Bonchev–Trinajstić information content (AvgIpc) is 2.87. The molecule has 2 atom stereocenters. The van der Waals surface area contributed by atoms with E-state index >= 15 is 0 Å². The number of hydrogen-bond acceptors (Lipinski definition) is 2. The molecule has 2 aromatic carbocycles. The minimum absolute atomic E-state index is 0.142. The van der Waals surface area contributed by atoms with E-state index in [0.29, 0.717) is 19.0 Å². The number of urea groups is 1. The van der Waals surface area contributed by atoms with Gasteiger partial charge in [-0.2, -0.15) is 0 Å². The Morgan fingerprint density at radius 1 is 0.846 bits per heavy atom. The summed E-state index contributed by atoms with van der Waals surface area (Å²) >= 11 is 0. The fraction of sp³-hybridized carbons (Fsp3) is 0.571. The molecule has 1 fully saturated rings. The summed E-state index contributed by atoms with van der Waals surface area (Å²) in [6.07, 6.45) is 1.09. The maximum atomic E-state index is 11.8. The third-order valence-corrected chi connectivity index (χ3v) is 6.69. The van der Waals surface area contributed by atoms with Gasteiger partial charge in [0.05, 0.1) is 0 Å². The maximum Gasteiger partial charge on any atom is 0.315 e. The molecule has 220 valence electrons. The molecule has 1 aliphatic heterocycles. The van der Waals surface area contributed by atoms with Crippen LogP contribution in [0.15, 0.2) is 60.7 Å². The first-order valence-corrected chi connectivity index (χ1v) is 14.8. The van der Waals surface area contributed by atoms with Gasteiger partial charge >= 0.3 is 6.03 Å². The van der Waals surface area contributed by atoms with E-state index in [0.717, 1.165) is 35.3 Å². The monoisotopic (exact) mass is 537 g/mol. The Balaban J connectivity index is 0.000000744. The number of carbonyl (C=O) groups is 1. The zero-order valence-electron chi connectivity index (χ0n) is 27.0. The summed E-state index contributed by atoms with van der Waals surface area (Å²) in [6.45, 7) is 28.7. The maximum absolute atomic E-state index is 11.8. The number of aryl methyl sites for hydroxylation is 1. The highest BCUT2D eigenvalue weighted by Crippen LogP contribution is 2.26. The van der Waals surface area contributed by atoms with E-state index < -0.39 is 0 Å². The molecule has 0 aromatic heterocycles. The first kappa shape index (κ1) is 36.4. The van der Waals surface area contributed by atoms with Gasteiger partial charge in [0, 0.05) is 26.2 Å². The fourth-order valence-corrected chi connectivity index (χ4v) is 4.35. The normalized spacial score (nSPS) is 18.3. The van der Waals surface area contributed by atoms with Crippen LogP contribution in [0.2, 0.25) is 0 Å². The Bertz CT molecular complexity index is 902. The smallest absolute Gasteiger partial charge is 0.315 e. The Labute approximate surface area is 241 Å². The average molecular weight is 538 g/mol. The molecule has 0 radical (unpaired) electrons. The van der Waals surface area contributed by atoms with E-state index in [2.05, 4.69) is 95.0 Å². The zero-order valence-corrected chi connectivity index (χ0v) is 27.0. The van der Waals surface area contributed by atoms with Crippen LogP contribution >= 0.6 is 0 Å². The van der Waals surface area contributed by atoms with Crippen molar-refractivity contribution in [3.63, 3.8) is 0 Å². The number of allylic oxidation sites excluding steroid dienone is 1. The predicted octanol–water partition coefficient (Wildman–Crippen LogP) is 8.64. The van der Waals surface area contributed by atoms with Gasteiger partial charge in [0.15, 0.2) is 0 Å². The van der Waals surface area contributed by atoms with Crippen molar-refractivity contribution in [3.05, 3.63) is 82.9 Å². The lowest BCUT2D eigenvalue weighted by atomic mass is 9.81. The summed E-state index contributed by atoms with van der Waals surface area (Å²) in [4.78, 5) is 14.3. The molecule has 2 unspecified atom stereocenters. The number of piperidine rings is 1. The van der Waals surface area contributed by atoms with Crippen LogP contribution in [0.25, 0.3) is 0 Å². The summed E-state index contributed by atoms with van der Waals surface area (Å²) in [7, 11) is 2.22. The lowest BCUT2D eigenvalue weighted by Crippen LogP contribution is -2.41. The summed E-state index contributed by atoms with van der Waals surface area (Å²) in [6, 6.07) is 16.5.